The van der Waals surface area contributed by atoms with Crippen molar-refractivity contribution < 1.29 is 4.79 Å². The summed E-state index contributed by atoms with van der Waals surface area (Å²) in [5.74, 6) is 0.722. The minimum atomic E-state index is 0.0122. The van der Waals surface area contributed by atoms with Crippen LogP contribution in [-0.2, 0) is 4.79 Å². The number of amides is 1. The number of thioether (sulfide) groups is 1. The van der Waals surface area contributed by atoms with Gasteiger partial charge in [0.2, 0.25) is 5.91 Å². The molecule has 1 heterocycles. The molecule has 20 heavy (non-hydrogen) atoms. The van der Waals surface area contributed by atoms with E-state index in [1.165, 1.54) is 0 Å². The van der Waals surface area contributed by atoms with Crippen molar-refractivity contribution in [2.75, 3.05) is 12.8 Å². The van der Waals surface area contributed by atoms with E-state index in [0.29, 0.717) is 11.8 Å². The lowest BCUT2D eigenvalue weighted by molar-refractivity contribution is -0.131. The summed E-state index contributed by atoms with van der Waals surface area (Å²) in [7, 11) is 0. The van der Waals surface area contributed by atoms with Gasteiger partial charge in [-0.3, -0.25) is 10.1 Å². The monoisotopic (exact) mass is 300 g/mol. The summed E-state index contributed by atoms with van der Waals surface area (Å²) in [6, 6.07) is 0.0122. The fourth-order valence-electron chi connectivity index (χ4n) is 3.01. The summed E-state index contributed by atoms with van der Waals surface area (Å²) in [6.45, 7) is 11.8. The van der Waals surface area contributed by atoms with E-state index in [1.54, 1.807) is 0 Å². The Morgan fingerprint density at radius 3 is 2.30 bits per heavy atom. The molecular formula is C16H32N2OS. The maximum Gasteiger partial charge on any atom is 0.241 e. The van der Waals surface area contributed by atoms with Crippen LogP contribution in [0.3, 0.4) is 0 Å². The molecule has 3 atom stereocenters. The smallest absolute Gasteiger partial charge is 0.241 e. The summed E-state index contributed by atoms with van der Waals surface area (Å²) in [4.78, 5) is 14.9. The van der Waals surface area contributed by atoms with Crippen LogP contribution in [0.1, 0.15) is 60.3 Å². The van der Waals surface area contributed by atoms with E-state index < -0.39 is 0 Å². The summed E-state index contributed by atoms with van der Waals surface area (Å²) in [5.41, 5.74) is 0. The van der Waals surface area contributed by atoms with Gasteiger partial charge in [0.05, 0.1) is 12.2 Å². The fraction of sp³-hybridized carbons (Fsp3) is 0.938. The highest BCUT2D eigenvalue weighted by atomic mass is 32.2. The van der Waals surface area contributed by atoms with Gasteiger partial charge in [-0.05, 0) is 31.4 Å². The quantitative estimate of drug-likeness (QED) is 0.745. The van der Waals surface area contributed by atoms with Crippen molar-refractivity contribution >= 4 is 17.7 Å². The van der Waals surface area contributed by atoms with Crippen LogP contribution in [0.15, 0.2) is 0 Å². The Kier molecular flexibility index (Phi) is 6.86. The zero-order chi connectivity index (χ0) is 15.3. The van der Waals surface area contributed by atoms with E-state index in [1.807, 2.05) is 11.8 Å². The number of rotatable bonds is 8. The first-order chi connectivity index (χ1) is 9.48. The normalized spacial score (nSPS) is 25.3. The zero-order valence-electron chi connectivity index (χ0n) is 14.0. The van der Waals surface area contributed by atoms with Crippen molar-refractivity contribution in [2.45, 2.75) is 77.3 Å². The van der Waals surface area contributed by atoms with Crippen LogP contribution in [-0.4, -0.2) is 40.6 Å². The van der Waals surface area contributed by atoms with Crippen molar-refractivity contribution in [3.8, 4) is 0 Å². The first-order valence-corrected chi connectivity index (χ1v) is 9.32. The fourth-order valence-corrected chi connectivity index (χ4v) is 3.85. The van der Waals surface area contributed by atoms with Gasteiger partial charge >= 0.3 is 0 Å². The Hall–Kier alpha value is -0.220. The molecule has 1 saturated heterocycles. The van der Waals surface area contributed by atoms with Crippen LogP contribution in [0.4, 0.5) is 0 Å². The van der Waals surface area contributed by atoms with Gasteiger partial charge in [0.1, 0.15) is 0 Å². The number of nitrogens with one attached hydrogen (secondary N) is 1. The van der Waals surface area contributed by atoms with Crippen molar-refractivity contribution in [3.63, 3.8) is 0 Å². The van der Waals surface area contributed by atoms with Gasteiger partial charge in [-0.15, -0.1) is 0 Å². The van der Waals surface area contributed by atoms with E-state index in [9.17, 15) is 4.79 Å². The number of carbonyl (C=O) groups excluding carboxylic acids is 1. The van der Waals surface area contributed by atoms with Gasteiger partial charge in [-0.25, -0.2) is 0 Å². The highest BCUT2D eigenvalue weighted by molar-refractivity contribution is 8.00. The molecule has 3 nitrogen and oxygen atoms in total. The molecule has 0 aromatic carbocycles. The molecule has 0 radical (unpaired) electrons. The molecule has 118 valence electrons. The molecule has 0 bridgehead atoms. The van der Waals surface area contributed by atoms with E-state index in [2.05, 4.69) is 51.1 Å². The van der Waals surface area contributed by atoms with Crippen LogP contribution in [0, 0.1) is 5.92 Å². The Labute approximate surface area is 129 Å². The molecule has 0 saturated carbocycles. The van der Waals surface area contributed by atoms with Crippen LogP contribution in [0.25, 0.3) is 0 Å². The van der Waals surface area contributed by atoms with Gasteiger partial charge in [-0.2, -0.15) is 11.8 Å². The average Bonchev–Trinajstić information content (AvgIpc) is 2.80. The van der Waals surface area contributed by atoms with E-state index in [-0.39, 0.29) is 17.0 Å². The van der Waals surface area contributed by atoms with Crippen molar-refractivity contribution in [3.05, 3.63) is 0 Å². The molecule has 0 spiro atoms. The Bertz CT molecular complexity index is 309. The largest absolute Gasteiger partial charge is 0.324 e. The van der Waals surface area contributed by atoms with Crippen LogP contribution < -0.4 is 5.32 Å². The number of hydrogen-bond acceptors (Lipinski definition) is 3. The van der Waals surface area contributed by atoms with Gasteiger partial charge < -0.3 is 4.90 Å². The standard InChI is InChI=1S/C16H32N2OS/c1-7-12(5)14-15(19)18(13(8-2)17-14)11-16(9-3,10-4)20-6/h12-14,17H,7-11H2,1-6H3. The lowest BCUT2D eigenvalue weighted by atomic mass is 9.98. The zero-order valence-corrected chi connectivity index (χ0v) is 14.8. The molecule has 1 N–H and O–H groups in total. The molecular weight excluding hydrogens is 268 g/mol. The van der Waals surface area contributed by atoms with Crippen molar-refractivity contribution in [1.29, 1.82) is 0 Å². The number of carbonyl (C=O) groups is 1. The molecule has 0 aliphatic carbocycles. The van der Waals surface area contributed by atoms with Gasteiger partial charge in [-0.1, -0.05) is 41.0 Å². The van der Waals surface area contributed by atoms with Crippen molar-refractivity contribution in [1.82, 2.24) is 10.2 Å². The predicted octanol–water partition coefficient (Wildman–Crippen LogP) is 3.49. The minimum Gasteiger partial charge on any atom is -0.324 e. The molecule has 1 fully saturated rings. The van der Waals surface area contributed by atoms with Gasteiger partial charge in [0, 0.05) is 11.3 Å². The summed E-state index contributed by atoms with van der Waals surface area (Å²) >= 11 is 1.91. The topological polar surface area (TPSA) is 32.3 Å². The summed E-state index contributed by atoms with van der Waals surface area (Å²) in [5, 5.41) is 3.55. The second-order valence-electron chi connectivity index (χ2n) is 6.01. The second-order valence-corrected chi connectivity index (χ2v) is 7.29. The maximum atomic E-state index is 12.8. The first-order valence-electron chi connectivity index (χ1n) is 8.10. The van der Waals surface area contributed by atoms with Crippen LogP contribution in [0.2, 0.25) is 0 Å². The van der Waals surface area contributed by atoms with Crippen molar-refractivity contribution in [2.24, 2.45) is 5.92 Å². The molecule has 1 aliphatic rings. The molecule has 1 aliphatic heterocycles. The molecule has 4 heteroatoms. The minimum absolute atomic E-state index is 0.0122. The lowest BCUT2D eigenvalue weighted by Crippen LogP contribution is -2.46. The molecule has 3 unspecified atom stereocenters. The third-order valence-corrected chi connectivity index (χ3v) is 6.65. The Morgan fingerprint density at radius 1 is 1.30 bits per heavy atom. The molecule has 1 rings (SSSR count). The third-order valence-electron chi connectivity index (χ3n) is 5.08. The molecule has 0 aromatic heterocycles. The van der Waals surface area contributed by atoms with E-state index >= 15 is 0 Å². The third kappa shape index (κ3) is 3.51. The van der Waals surface area contributed by atoms with Gasteiger partial charge in [0.25, 0.3) is 0 Å². The Balaban J connectivity index is 2.89. The van der Waals surface area contributed by atoms with E-state index in [4.69, 9.17) is 0 Å². The maximum absolute atomic E-state index is 12.8. The van der Waals surface area contributed by atoms with E-state index in [0.717, 1.165) is 32.2 Å². The highest BCUT2D eigenvalue weighted by Gasteiger charge is 2.43. The Morgan fingerprint density at radius 2 is 1.90 bits per heavy atom. The predicted molar refractivity (Wildman–Crippen MR) is 89.0 cm³/mol. The van der Waals surface area contributed by atoms with Gasteiger partial charge in [0.15, 0.2) is 0 Å². The van der Waals surface area contributed by atoms with Crippen LogP contribution >= 0.6 is 11.8 Å². The summed E-state index contributed by atoms with van der Waals surface area (Å²) in [6.07, 6.45) is 6.64. The number of hydrogen-bond donors (Lipinski definition) is 1. The highest BCUT2D eigenvalue weighted by Crippen LogP contribution is 2.34. The molecule has 0 aromatic rings. The summed E-state index contributed by atoms with van der Waals surface area (Å²) < 4.78 is 0.203. The first kappa shape index (κ1) is 17.8. The second kappa shape index (κ2) is 7.69. The molecule has 1 amide bonds. The number of nitrogens with zero attached hydrogens (tertiary/aromatic N) is 1. The lowest BCUT2D eigenvalue weighted by Gasteiger charge is -2.36. The van der Waals surface area contributed by atoms with Crippen LogP contribution in [0.5, 0.6) is 0 Å². The average molecular weight is 301 g/mol. The SMILES string of the molecule is CCC(C)C1NC(CC)N(CC(CC)(CC)SC)C1=O.